The summed E-state index contributed by atoms with van der Waals surface area (Å²) in [7, 11) is 0. The van der Waals surface area contributed by atoms with Gasteiger partial charge in [-0.3, -0.25) is 14.6 Å². The van der Waals surface area contributed by atoms with E-state index in [2.05, 4.69) is 4.99 Å². The van der Waals surface area contributed by atoms with E-state index in [1.54, 1.807) is 42.6 Å². The van der Waals surface area contributed by atoms with Gasteiger partial charge in [-0.25, -0.2) is 4.90 Å². The first-order valence-electron chi connectivity index (χ1n) is 8.29. The van der Waals surface area contributed by atoms with Crippen molar-refractivity contribution < 1.29 is 9.59 Å². The fraction of sp³-hybridized carbons (Fsp3) is 0.250. The molecule has 1 unspecified atom stereocenters. The highest BCUT2D eigenvalue weighted by Crippen LogP contribution is 2.35. The number of aliphatic imine (C=N–C) groups is 1. The third-order valence-corrected chi connectivity index (χ3v) is 4.71. The molecule has 0 bridgehead atoms. The van der Waals surface area contributed by atoms with E-state index in [4.69, 9.17) is 11.6 Å². The summed E-state index contributed by atoms with van der Waals surface area (Å²) in [4.78, 5) is 31.7. The van der Waals surface area contributed by atoms with E-state index < -0.39 is 5.92 Å². The molecule has 25 heavy (non-hydrogen) atoms. The molecule has 1 aliphatic heterocycles. The Morgan fingerprint density at radius 2 is 1.84 bits per heavy atom. The van der Waals surface area contributed by atoms with Gasteiger partial charge in [0.05, 0.1) is 16.6 Å². The first kappa shape index (κ1) is 17.4. The molecule has 1 heterocycles. The predicted molar refractivity (Wildman–Crippen MR) is 101 cm³/mol. The first-order valence-corrected chi connectivity index (χ1v) is 8.67. The van der Waals surface area contributed by atoms with Crippen LogP contribution in [0.4, 0.5) is 5.69 Å². The largest absolute Gasteiger partial charge is 0.293 e. The van der Waals surface area contributed by atoms with Gasteiger partial charge < -0.3 is 0 Å². The number of carbonyl (C=O) groups is 2. The Labute approximate surface area is 152 Å². The summed E-state index contributed by atoms with van der Waals surface area (Å²) in [6.07, 6.45) is 2.54. The normalized spacial score (nSPS) is 18.5. The molecule has 5 heteroatoms. The van der Waals surface area contributed by atoms with E-state index in [1.807, 2.05) is 26.0 Å². The molecule has 0 aromatic heterocycles. The van der Waals surface area contributed by atoms with Crippen molar-refractivity contribution in [3.63, 3.8) is 0 Å². The molecule has 0 aliphatic carbocycles. The van der Waals surface area contributed by atoms with Gasteiger partial charge in [0.1, 0.15) is 0 Å². The lowest BCUT2D eigenvalue weighted by molar-refractivity contribution is -0.118. The Bertz CT molecular complexity index is 847. The number of halogens is 1. The molecule has 3 rings (SSSR count). The minimum atomic E-state index is -0.598. The van der Waals surface area contributed by atoms with E-state index in [0.29, 0.717) is 21.8 Å². The van der Waals surface area contributed by atoms with Crippen LogP contribution in [0.3, 0.4) is 0 Å². The fourth-order valence-electron chi connectivity index (χ4n) is 2.80. The van der Waals surface area contributed by atoms with Gasteiger partial charge in [0.2, 0.25) is 5.91 Å². The third-order valence-electron chi connectivity index (χ3n) is 4.39. The van der Waals surface area contributed by atoms with Crippen molar-refractivity contribution >= 4 is 35.3 Å². The molecule has 1 aliphatic rings. The number of hydrogen-bond acceptors (Lipinski definition) is 3. The first-order chi connectivity index (χ1) is 12.0. The fourth-order valence-corrected chi connectivity index (χ4v) is 3.02. The standard InChI is InChI=1S/C20H19ClN2O2/c1-3-13(2)22-12-16-14-8-4-5-9-15(14)19(24)23(20(16)25)18-11-7-6-10-17(18)21/h4-13,16H,3H2,1-2H3/t13-,16?/m1/s1. The van der Waals surface area contributed by atoms with Crippen molar-refractivity contribution in [2.24, 2.45) is 4.99 Å². The van der Waals surface area contributed by atoms with Crippen molar-refractivity contribution in [2.45, 2.75) is 32.2 Å². The monoisotopic (exact) mass is 354 g/mol. The zero-order valence-electron chi connectivity index (χ0n) is 14.1. The molecule has 0 spiro atoms. The highest BCUT2D eigenvalue weighted by Gasteiger charge is 2.39. The van der Waals surface area contributed by atoms with Crippen LogP contribution in [0.15, 0.2) is 53.5 Å². The summed E-state index contributed by atoms with van der Waals surface area (Å²) in [5, 5.41) is 0.362. The second-order valence-corrected chi connectivity index (χ2v) is 6.46. The van der Waals surface area contributed by atoms with Crippen LogP contribution in [-0.2, 0) is 4.79 Å². The lowest BCUT2D eigenvalue weighted by atomic mass is 9.88. The number of carbonyl (C=O) groups excluding carboxylic acids is 2. The van der Waals surface area contributed by atoms with Crippen molar-refractivity contribution in [3.8, 4) is 0 Å². The van der Waals surface area contributed by atoms with Crippen molar-refractivity contribution in [1.82, 2.24) is 0 Å². The van der Waals surface area contributed by atoms with Gasteiger partial charge in [0, 0.05) is 17.8 Å². The molecule has 0 N–H and O–H groups in total. The van der Waals surface area contributed by atoms with E-state index in [0.717, 1.165) is 11.3 Å². The molecule has 2 atom stereocenters. The predicted octanol–water partition coefficient (Wildman–Crippen LogP) is 4.48. The SMILES string of the molecule is CC[C@@H](C)N=CC1C(=O)N(c2ccccc2Cl)C(=O)c2ccccc21. The highest BCUT2D eigenvalue weighted by atomic mass is 35.5. The van der Waals surface area contributed by atoms with Crippen LogP contribution in [-0.4, -0.2) is 24.1 Å². The maximum Gasteiger partial charge on any atom is 0.265 e. The van der Waals surface area contributed by atoms with Gasteiger partial charge in [-0.1, -0.05) is 48.9 Å². The van der Waals surface area contributed by atoms with E-state index in [-0.39, 0.29) is 17.9 Å². The zero-order valence-corrected chi connectivity index (χ0v) is 14.9. The summed E-state index contributed by atoms with van der Waals surface area (Å²) >= 11 is 6.23. The Morgan fingerprint density at radius 3 is 2.56 bits per heavy atom. The van der Waals surface area contributed by atoms with Crippen LogP contribution in [0.2, 0.25) is 5.02 Å². The lowest BCUT2D eigenvalue weighted by Crippen LogP contribution is -2.45. The Kier molecular flexibility index (Phi) is 5.00. The summed E-state index contributed by atoms with van der Waals surface area (Å²) < 4.78 is 0. The molecule has 0 fully saturated rings. The minimum absolute atomic E-state index is 0.117. The number of amides is 2. The van der Waals surface area contributed by atoms with Crippen LogP contribution in [0.25, 0.3) is 0 Å². The molecule has 0 saturated heterocycles. The molecule has 2 aromatic carbocycles. The molecule has 2 aromatic rings. The Morgan fingerprint density at radius 1 is 1.16 bits per heavy atom. The number of para-hydroxylation sites is 1. The summed E-state index contributed by atoms with van der Waals surface area (Å²) in [5.74, 6) is -1.29. The molecular weight excluding hydrogens is 336 g/mol. The minimum Gasteiger partial charge on any atom is -0.293 e. The average molecular weight is 355 g/mol. The van der Waals surface area contributed by atoms with Crippen LogP contribution in [0.5, 0.6) is 0 Å². The van der Waals surface area contributed by atoms with Crippen LogP contribution < -0.4 is 4.90 Å². The quantitative estimate of drug-likeness (QED) is 0.600. The second kappa shape index (κ2) is 7.19. The number of hydrogen-bond donors (Lipinski definition) is 0. The number of benzene rings is 2. The molecule has 0 saturated carbocycles. The summed E-state index contributed by atoms with van der Waals surface area (Å²) in [6.45, 7) is 4.03. The topological polar surface area (TPSA) is 49.7 Å². The smallest absolute Gasteiger partial charge is 0.265 e. The number of rotatable bonds is 4. The molecule has 0 radical (unpaired) electrons. The van der Waals surface area contributed by atoms with Crippen LogP contribution >= 0.6 is 11.6 Å². The second-order valence-electron chi connectivity index (χ2n) is 6.05. The van der Waals surface area contributed by atoms with E-state index in [9.17, 15) is 9.59 Å². The third kappa shape index (κ3) is 3.22. The van der Waals surface area contributed by atoms with Gasteiger partial charge in [-0.15, -0.1) is 0 Å². The van der Waals surface area contributed by atoms with Crippen molar-refractivity contribution in [3.05, 3.63) is 64.7 Å². The average Bonchev–Trinajstić information content (AvgIpc) is 2.63. The van der Waals surface area contributed by atoms with E-state index in [1.165, 1.54) is 0 Å². The van der Waals surface area contributed by atoms with Crippen molar-refractivity contribution in [1.29, 1.82) is 0 Å². The van der Waals surface area contributed by atoms with Gasteiger partial charge in [0.15, 0.2) is 0 Å². The maximum absolute atomic E-state index is 13.1. The summed E-state index contributed by atoms with van der Waals surface area (Å²) in [5.41, 5.74) is 1.59. The number of fused-ring (bicyclic) bond motifs is 1. The lowest BCUT2D eigenvalue weighted by Gasteiger charge is -2.31. The highest BCUT2D eigenvalue weighted by molar-refractivity contribution is 6.37. The van der Waals surface area contributed by atoms with E-state index >= 15 is 0 Å². The van der Waals surface area contributed by atoms with Gasteiger partial charge in [0.25, 0.3) is 5.91 Å². The number of anilines is 1. The van der Waals surface area contributed by atoms with Crippen LogP contribution in [0.1, 0.15) is 42.1 Å². The number of imide groups is 1. The number of nitrogens with zero attached hydrogens (tertiary/aromatic N) is 2. The summed E-state index contributed by atoms with van der Waals surface area (Å²) in [6, 6.07) is 14.1. The van der Waals surface area contributed by atoms with Crippen LogP contribution in [0, 0.1) is 0 Å². The molecule has 2 amide bonds. The van der Waals surface area contributed by atoms with Gasteiger partial charge >= 0.3 is 0 Å². The Hall–Kier alpha value is -2.46. The zero-order chi connectivity index (χ0) is 18.0. The maximum atomic E-state index is 13.1. The molecule has 128 valence electrons. The van der Waals surface area contributed by atoms with Gasteiger partial charge in [-0.05, 0) is 37.1 Å². The molecular formula is C20H19ClN2O2. The van der Waals surface area contributed by atoms with Crippen molar-refractivity contribution in [2.75, 3.05) is 4.90 Å². The Balaban J connectivity index is 2.12. The molecule has 4 nitrogen and oxygen atoms in total. The van der Waals surface area contributed by atoms with Gasteiger partial charge in [-0.2, -0.15) is 0 Å².